The van der Waals surface area contributed by atoms with Crippen LogP contribution in [0.5, 0.6) is 0 Å². The number of hydrogen-bond donors (Lipinski definition) is 2. The van der Waals surface area contributed by atoms with E-state index in [4.69, 9.17) is 0 Å². The first kappa shape index (κ1) is 10.5. The number of imidazole rings is 1. The largest absolute Gasteiger partial charge is 0.478 e. The molecular formula is C14H10N2O2. The molecule has 0 amide bonds. The molecule has 4 nitrogen and oxygen atoms in total. The highest BCUT2D eigenvalue weighted by molar-refractivity contribution is 6.01. The van der Waals surface area contributed by atoms with Crippen molar-refractivity contribution < 1.29 is 9.90 Å². The highest BCUT2D eigenvalue weighted by Gasteiger charge is 2.13. The lowest BCUT2D eigenvalue weighted by Crippen LogP contribution is -1.99. The van der Waals surface area contributed by atoms with Crippen molar-refractivity contribution in [3.63, 3.8) is 0 Å². The van der Waals surface area contributed by atoms with Gasteiger partial charge in [0.1, 0.15) is 0 Å². The molecule has 1 heterocycles. The predicted molar refractivity (Wildman–Crippen MR) is 68.5 cm³/mol. The number of aromatic carboxylic acids is 1. The Morgan fingerprint density at radius 1 is 1.06 bits per heavy atom. The van der Waals surface area contributed by atoms with Gasteiger partial charge in [0.2, 0.25) is 0 Å². The van der Waals surface area contributed by atoms with Gasteiger partial charge in [0, 0.05) is 5.56 Å². The number of benzene rings is 2. The zero-order chi connectivity index (χ0) is 12.5. The smallest absolute Gasteiger partial charge is 0.336 e. The minimum absolute atomic E-state index is 0.285. The van der Waals surface area contributed by atoms with Crippen LogP contribution in [-0.2, 0) is 0 Å². The normalized spacial score (nSPS) is 10.7. The zero-order valence-corrected chi connectivity index (χ0v) is 9.42. The van der Waals surface area contributed by atoms with E-state index in [9.17, 15) is 9.90 Å². The molecule has 0 unspecified atom stereocenters. The van der Waals surface area contributed by atoms with Gasteiger partial charge in [-0.25, -0.2) is 9.78 Å². The van der Waals surface area contributed by atoms with Crippen LogP contribution in [0.3, 0.4) is 0 Å². The predicted octanol–water partition coefficient (Wildman–Crippen LogP) is 2.93. The van der Waals surface area contributed by atoms with Gasteiger partial charge < -0.3 is 10.1 Å². The van der Waals surface area contributed by atoms with Crippen LogP contribution in [0.25, 0.3) is 22.2 Å². The molecule has 2 N–H and O–H groups in total. The Bertz CT molecular complexity index is 731. The maximum absolute atomic E-state index is 11.2. The van der Waals surface area contributed by atoms with Gasteiger partial charge in [-0.05, 0) is 17.7 Å². The third-order valence-electron chi connectivity index (χ3n) is 2.90. The van der Waals surface area contributed by atoms with Gasteiger partial charge in [-0.3, -0.25) is 0 Å². The van der Waals surface area contributed by atoms with Crippen LogP contribution in [0.2, 0.25) is 0 Å². The number of para-hydroxylation sites is 1. The molecule has 88 valence electrons. The third-order valence-corrected chi connectivity index (χ3v) is 2.90. The van der Waals surface area contributed by atoms with Gasteiger partial charge >= 0.3 is 5.97 Å². The van der Waals surface area contributed by atoms with Gasteiger partial charge in [0.15, 0.2) is 0 Å². The number of fused-ring (bicyclic) bond motifs is 1. The molecule has 3 aromatic rings. The van der Waals surface area contributed by atoms with Crippen molar-refractivity contribution in [1.29, 1.82) is 0 Å². The second kappa shape index (κ2) is 4.00. The van der Waals surface area contributed by atoms with E-state index in [0.29, 0.717) is 5.56 Å². The number of carboxylic acids is 1. The van der Waals surface area contributed by atoms with Crippen molar-refractivity contribution >= 4 is 17.0 Å². The summed E-state index contributed by atoms with van der Waals surface area (Å²) in [6.07, 6.45) is 1.61. The SMILES string of the molecule is O=C(O)c1ccccc1-c1cccc2[nH]cnc12. The van der Waals surface area contributed by atoms with Crippen molar-refractivity contribution in [2.24, 2.45) is 0 Å². The Balaban J connectivity index is 2.33. The molecule has 0 aliphatic heterocycles. The number of aromatic nitrogens is 2. The lowest BCUT2D eigenvalue weighted by Gasteiger charge is -2.06. The quantitative estimate of drug-likeness (QED) is 0.721. The summed E-state index contributed by atoms with van der Waals surface area (Å²) in [6.45, 7) is 0. The van der Waals surface area contributed by atoms with Crippen LogP contribution in [0.1, 0.15) is 10.4 Å². The molecule has 0 radical (unpaired) electrons. The number of rotatable bonds is 2. The van der Waals surface area contributed by atoms with E-state index in [-0.39, 0.29) is 5.56 Å². The number of aromatic amines is 1. The Kier molecular flexibility index (Phi) is 2.34. The molecule has 2 aromatic carbocycles. The molecule has 0 fully saturated rings. The van der Waals surface area contributed by atoms with Crippen molar-refractivity contribution in [2.45, 2.75) is 0 Å². The first-order valence-electron chi connectivity index (χ1n) is 5.52. The molecule has 0 aliphatic rings. The number of carboxylic acid groups (broad SMARTS) is 1. The minimum atomic E-state index is -0.932. The number of carbonyl (C=O) groups is 1. The minimum Gasteiger partial charge on any atom is -0.478 e. The van der Waals surface area contributed by atoms with Gasteiger partial charge in [0.25, 0.3) is 0 Å². The molecule has 3 rings (SSSR count). The first-order chi connectivity index (χ1) is 8.77. The average Bonchev–Trinajstić information content (AvgIpc) is 2.86. The van der Waals surface area contributed by atoms with E-state index < -0.39 is 5.97 Å². The summed E-state index contributed by atoms with van der Waals surface area (Å²) in [5.74, 6) is -0.932. The topological polar surface area (TPSA) is 66.0 Å². The van der Waals surface area contributed by atoms with Crippen LogP contribution in [-0.4, -0.2) is 21.0 Å². The van der Waals surface area contributed by atoms with E-state index in [0.717, 1.165) is 16.6 Å². The molecule has 0 spiro atoms. The van der Waals surface area contributed by atoms with Crippen LogP contribution < -0.4 is 0 Å². The van der Waals surface area contributed by atoms with Gasteiger partial charge in [-0.2, -0.15) is 0 Å². The molecule has 0 saturated carbocycles. The van der Waals surface area contributed by atoms with Gasteiger partial charge in [-0.1, -0.05) is 30.3 Å². The van der Waals surface area contributed by atoms with E-state index in [1.165, 1.54) is 0 Å². The Morgan fingerprint density at radius 2 is 1.83 bits per heavy atom. The average molecular weight is 238 g/mol. The van der Waals surface area contributed by atoms with Crippen molar-refractivity contribution in [3.8, 4) is 11.1 Å². The number of nitrogens with one attached hydrogen (secondary N) is 1. The molecule has 18 heavy (non-hydrogen) atoms. The number of H-pyrrole nitrogens is 1. The summed E-state index contributed by atoms with van der Waals surface area (Å²) in [4.78, 5) is 18.5. The molecule has 4 heteroatoms. The van der Waals surface area contributed by atoms with Gasteiger partial charge in [-0.15, -0.1) is 0 Å². The molecule has 0 atom stereocenters. The maximum Gasteiger partial charge on any atom is 0.336 e. The van der Waals surface area contributed by atoms with Crippen molar-refractivity contribution in [2.75, 3.05) is 0 Å². The summed E-state index contributed by atoms with van der Waals surface area (Å²) in [6, 6.07) is 12.6. The molecular weight excluding hydrogens is 228 g/mol. The van der Waals surface area contributed by atoms with E-state index >= 15 is 0 Å². The lowest BCUT2D eigenvalue weighted by molar-refractivity contribution is 0.0698. The molecule has 1 aromatic heterocycles. The van der Waals surface area contributed by atoms with E-state index in [1.54, 1.807) is 24.5 Å². The van der Waals surface area contributed by atoms with Crippen LogP contribution in [0, 0.1) is 0 Å². The standard InChI is InChI=1S/C14H10N2O2/c17-14(18)11-5-2-1-4-9(11)10-6-3-7-12-13(10)16-8-15-12/h1-8H,(H,15,16)(H,17,18). The Morgan fingerprint density at radius 3 is 2.67 bits per heavy atom. The Labute approximate surface area is 103 Å². The second-order valence-corrected chi connectivity index (χ2v) is 3.96. The lowest BCUT2D eigenvalue weighted by atomic mass is 9.98. The highest BCUT2D eigenvalue weighted by atomic mass is 16.4. The molecule has 0 bridgehead atoms. The van der Waals surface area contributed by atoms with Crippen LogP contribution in [0.4, 0.5) is 0 Å². The fourth-order valence-corrected chi connectivity index (χ4v) is 2.09. The summed E-state index contributed by atoms with van der Waals surface area (Å²) in [7, 11) is 0. The van der Waals surface area contributed by atoms with E-state index in [2.05, 4.69) is 9.97 Å². The molecule has 0 saturated heterocycles. The van der Waals surface area contributed by atoms with Crippen LogP contribution in [0.15, 0.2) is 48.8 Å². The summed E-state index contributed by atoms with van der Waals surface area (Å²) in [5, 5.41) is 9.22. The summed E-state index contributed by atoms with van der Waals surface area (Å²) in [5.41, 5.74) is 3.47. The number of nitrogens with zero attached hydrogens (tertiary/aromatic N) is 1. The second-order valence-electron chi connectivity index (χ2n) is 3.96. The highest BCUT2D eigenvalue weighted by Crippen LogP contribution is 2.29. The first-order valence-corrected chi connectivity index (χ1v) is 5.52. The maximum atomic E-state index is 11.2. The van der Waals surface area contributed by atoms with E-state index in [1.807, 2.05) is 24.3 Å². The number of hydrogen-bond acceptors (Lipinski definition) is 2. The van der Waals surface area contributed by atoms with Crippen LogP contribution >= 0.6 is 0 Å². The van der Waals surface area contributed by atoms with Crippen molar-refractivity contribution in [1.82, 2.24) is 9.97 Å². The third kappa shape index (κ3) is 1.55. The fourth-order valence-electron chi connectivity index (χ4n) is 2.09. The summed E-state index contributed by atoms with van der Waals surface area (Å²) >= 11 is 0. The summed E-state index contributed by atoms with van der Waals surface area (Å²) < 4.78 is 0. The monoisotopic (exact) mass is 238 g/mol. The van der Waals surface area contributed by atoms with Gasteiger partial charge in [0.05, 0.1) is 22.9 Å². The zero-order valence-electron chi connectivity index (χ0n) is 9.42. The van der Waals surface area contributed by atoms with Crippen molar-refractivity contribution in [3.05, 3.63) is 54.4 Å². The Hall–Kier alpha value is -2.62. The fraction of sp³-hybridized carbons (Fsp3) is 0. The molecule has 0 aliphatic carbocycles.